The number of hydrogen-bond acceptors (Lipinski definition) is 1. The van der Waals surface area contributed by atoms with E-state index in [9.17, 15) is 0 Å². The lowest BCUT2D eigenvalue weighted by atomic mass is 10.0. The molecule has 0 spiro atoms. The van der Waals surface area contributed by atoms with Crippen molar-refractivity contribution in [1.82, 2.24) is 4.90 Å². The summed E-state index contributed by atoms with van der Waals surface area (Å²) in [6.45, 7) is 11.3. The summed E-state index contributed by atoms with van der Waals surface area (Å²) in [6.07, 6.45) is 8.80. The zero-order valence-electron chi connectivity index (χ0n) is 10.2. The minimum Gasteiger partial charge on any atom is -0.300 e. The fraction of sp³-hybridized carbons (Fsp3) is 0.846. The summed E-state index contributed by atoms with van der Waals surface area (Å²) >= 11 is 0. The van der Waals surface area contributed by atoms with Crippen LogP contribution in [0.4, 0.5) is 0 Å². The molecule has 0 rings (SSSR count). The molecule has 1 nitrogen and oxygen atoms in total. The molecule has 14 heavy (non-hydrogen) atoms. The summed E-state index contributed by atoms with van der Waals surface area (Å²) in [5, 5.41) is 0. The molecule has 0 aromatic heterocycles. The van der Waals surface area contributed by atoms with Crippen LogP contribution in [0, 0.1) is 18.3 Å². The van der Waals surface area contributed by atoms with Crippen LogP contribution in [0.3, 0.4) is 0 Å². The van der Waals surface area contributed by atoms with Gasteiger partial charge in [-0.2, -0.15) is 0 Å². The van der Waals surface area contributed by atoms with E-state index < -0.39 is 0 Å². The minimum atomic E-state index is 0.532. The highest BCUT2D eigenvalue weighted by Crippen LogP contribution is 2.11. The Balaban J connectivity index is 3.95. The molecule has 0 aliphatic rings. The predicted octanol–water partition coefficient (Wildman–Crippen LogP) is 3.16. The van der Waals surface area contributed by atoms with E-state index in [0.717, 1.165) is 18.9 Å². The molecule has 0 aliphatic carbocycles. The van der Waals surface area contributed by atoms with Gasteiger partial charge in [-0.15, -0.1) is 12.3 Å². The maximum atomic E-state index is 5.33. The van der Waals surface area contributed by atoms with E-state index in [4.69, 9.17) is 6.42 Å². The largest absolute Gasteiger partial charge is 0.300 e. The molecule has 0 aromatic carbocycles. The smallest absolute Gasteiger partial charge is 0.0240 e. The topological polar surface area (TPSA) is 3.24 Å². The van der Waals surface area contributed by atoms with Gasteiger partial charge in [0.25, 0.3) is 0 Å². The summed E-state index contributed by atoms with van der Waals surface area (Å²) in [7, 11) is 0. The lowest BCUT2D eigenvalue weighted by molar-refractivity contribution is 0.189. The second-order valence-corrected chi connectivity index (χ2v) is 4.24. The van der Waals surface area contributed by atoms with Crippen LogP contribution in [0.1, 0.15) is 47.0 Å². The summed E-state index contributed by atoms with van der Waals surface area (Å²) in [5.41, 5.74) is 0. The molecular formula is C13H25N. The second kappa shape index (κ2) is 7.88. The molecule has 0 bridgehead atoms. The normalized spacial score (nSPS) is 15.1. The highest BCUT2D eigenvalue weighted by Gasteiger charge is 2.13. The van der Waals surface area contributed by atoms with Gasteiger partial charge in [0, 0.05) is 19.0 Å². The van der Waals surface area contributed by atoms with Gasteiger partial charge in [0.1, 0.15) is 0 Å². The van der Waals surface area contributed by atoms with Crippen molar-refractivity contribution in [3.05, 3.63) is 0 Å². The van der Waals surface area contributed by atoms with Crippen molar-refractivity contribution in [2.24, 2.45) is 5.92 Å². The maximum Gasteiger partial charge on any atom is 0.0240 e. The zero-order valence-corrected chi connectivity index (χ0v) is 10.2. The minimum absolute atomic E-state index is 0.532. The van der Waals surface area contributed by atoms with Crippen molar-refractivity contribution in [2.75, 3.05) is 13.1 Å². The van der Waals surface area contributed by atoms with Crippen molar-refractivity contribution in [3.63, 3.8) is 0 Å². The number of terminal acetylenes is 1. The lowest BCUT2D eigenvalue weighted by Gasteiger charge is -2.29. The Labute approximate surface area is 89.9 Å². The van der Waals surface area contributed by atoms with Crippen molar-refractivity contribution in [2.45, 2.75) is 53.0 Å². The molecule has 0 radical (unpaired) electrons. The van der Waals surface area contributed by atoms with Gasteiger partial charge >= 0.3 is 0 Å². The number of nitrogens with zero attached hydrogens (tertiary/aromatic N) is 1. The van der Waals surface area contributed by atoms with E-state index in [2.05, 4.69) is 38.5 Å². The SMILES string of the molecule is C#CCC(C)N(CC)CC(C)CCC. The molecule has 0 aromatic rings. The predicted molar refractivity (Wildman–Crippen MR) is 64.2 cm³/mol. The van der Waals surface area contributed by atoms with Crippen molar-refractivity contribution in [3.8, 4) is 12.3 Å². The van der Waals surface area contributed by atoms with E-state index >= 15 is 0 Å². The van der Waals surface area contributed by atoms with E-state index in [0.29, 0.717) is 6.04 Å². The molecule has 0 aliphatic heterocycles. The van der Waals surface area contributed by atoms with Gasteiger partial charge in [0.15, 0.2) is 0 Å². The Morgan fingerprint density at radius 2 is 1.93 bits per heavy atom. The second-order valence-electron chi connectivity index (χ2n) is 4.24. The number of hydrogen-bond donors (Lipinski definition) is 0. The van der Waals surface area contributed by atoms with Gasteiger partial charge in [-0.3, -0.25) is 4.90 Å². The van der Waals surface area contributed by atoms with E-state index in [1.807, 2.05) is 0 Å². The van der Waals surface area contributed by atoms with Crippen LogP contribution in [0.5, 0.6) is 0 Å². The third-order valence-corrected chi connectivity index (χ3v) is 2.77. The fourth-order valence-electron chi connectivity index (χ4n) is 1.90. The molecule has 0 heterocycles. The van der Waals surface area contributed by atoms with Crippen LogP contribution < -0.4 is 0 Å². The number of rotatable bonds is 7. The average Bonchev–Trinajstić information content (AvgIpc) is 2.15. The van der Waals surface area contributed by atoms with E-state index in [-0.39, 0.29) is 0 Å². The zero-order chi connectivity index (χ0) is 11.0. The summed E-state index contributed by atoms with van der Waals surface area (Å²) < 4.78 is 0. The molecule has 1 heteroatoms. The highest BCUT2D eigenvalue weighted by atomic mass is 15.1. The first-order valence-corrected chi connectivity index (χ1v) is 5.83. The molecule has 82 valence electrons. The van der Waals surface area contributed by atoms with Gasteiger partial charge in [-0.1, -0.05) is 27.2 Å². The standard InChI is InChI=1S/C13H25N/c1-6-9-12(4)11-14(8-3)13(5)10-7-2/h2,12-13H,6,8-11H2,1,3-5H3. The Bertz CT molecular complexity index is 169. The average molecular weight is 195 g/mol. The van der Waals surface area contributed by atoms with Crippen molar-refractivity contribution < 1.29 is 0 Å². The Hall–Kier alpha value is -0.480. The summed E-state index contributed by atoms with van der Waals surface area (Å²) in [4.78, 5) is 2.49. The molecular weight excluding hydrogens is 170 g/mol. The molecule has 0 N–H and O–H groups in total. The van der Waals surface area contributed by atoms with Crippen LogP contribution in [0.15, 0.2) is 0 Å². The van der Waals surface area contributed by atoms with Gasteiger partial charge < -0.3 is 0 Å². The van der Waals surface area contributed by atoms with Gasteiger partial charge in [-0.05, 0) is 25.8 Å². The Kier molecular flexibility index (Phi) is 7.61. The van der Waals surface area contributed by atoms with Crippen LogP contribution in [-0.4, -0.2) is 24.0 Å². The summed E-state index contributed by atoms with van der Waals surface area (Å²) in [6, 6.07) is 0.532. The molecule has 2 unspecified atom stereocenters. The quantitative estimate of drug-likeness (QED) is 0.564. The van der Waals surface area contributed by atoms with E-state index in [1.165, 1.54) is 19.4 Å². The third-order valence-electron chi connectivity index (χ3n) is 2.77. The summed E-state index contributed by atoms with van der Waals surface area (Å²) in [5.74, 6) is 3.54. The molecule has 0 amide bonds. The van der Waals surface area contributed by atoms with Crippen LogP contribution in [-0.2, 0) is 0 Å². The van der Waals surface area contributed by atoms with Crippen LogP contribution in [0.2, 0.25) is 0 Å². The van der Waals surface area contributed by atoms with Gasteiger partial charge in [-0.25, -0.2) is 0 Å². The van der Waals surface area contributed by atoms with Crippen LogP contribution >= 0.6 is 0 Å². The molecule has 0 saturated heterocycles. The Morgan fingerprint density at radius 1 is 1.29 bits per heavy atom. The molecule has 2 atom stereocenters. The third kappa shape index (κ3) is 5.29. The molecule has 0 saturated carbocycles. The first-order valence-electron chi connectivity index (χ1n) is 5.83. The monoisotopic (exact) mass is 195 g/mol. The van der Waals surface area contributed by atoms with Crippen molar-refractivity contribution in [1.29, 1.82) is 0 Å². The van der Waals surface area contributed by atoms with E-state index in [1.54, 1.807) is 0 Å². The lowest BCUT2D eigenvalue weighted by Crippen LogP contribution is -2.36. The first-order chi connectivity index (χ1) is 6.65. The fourth-order valence-corrected chi connectivity index (χ4v) is 1.90. The Morgan fingerprint density at radius 3 is 2.36 bits per heavy atom. The first kappa shape index (κ1) is 13.5. The maximum absolute atomic E-state index is 5.33. The molecule has 0 fully saturated rings. The van der Waals surface area contributed by atoms with Crippen molar-refractivity contribution >= 4 is 0 Å². The highest BCUT2D eigenvalue weighted by molar-refractivity contribution is 4.89. The van der Waals surface area contributed by atoms with Gasteiger partial charge in [0.05, 0.1) is 0 Å². The van der Waals surface area contributed by atoms with Gasteiger partial charge in [0.2, 0.25) is 0 Å². The van der Waals surface area contributed by atoms with Crippen LogP contribution in [0.25, 0.3) is 0 Å².